The molecule has 1 aliphatic heterocycles. The molecule has 0 amide bonds. The summed E-state index contributed by atoms with van der Waals surface area (Å²) < 4.78 is 72.0. The molecule has 0 spiro atoms. The largest absolute Gasteiger partial charge is 0.473 e. The van der Waals surface area contributed by atoms with Gasteiger partial charge in [0.15, 0.2) is 0 Å². The van der Waals surface area contributed by atoms with Gasteiger partial charge in [-0.05, 0) is 42.6 Å². The predicted octanol–water partition coefficient (Wildman–Crippen LogP) is 2.84. The number of morpholine rings is 1. The highest BCUT2D eigenvalue weighted by atomic mass is 32.2. The van der Waals surface area contributed by atoms with Gasteiger partial charge in [0, 0.05) is 31.1 Å². The molecule has 2 N–H and O–H groups in total. The van der Waals surface area contributed by atoms with E-state index in [-0.39, 0.29) is 18.0 Å². The number of alkyl halides is 3. The highest BCUT2D eigenvalue weighted by Crippen LogP contribution is 2.31. The van der Waals surface area contributed by atoms with Gasteiger partial charge in [-0.3, -0.25) is 4.90 Å². The van der Waals surface area contributed by atoms with Gasteiger partial charge >= 0.3 is 18.1 Å². The molecule has 2 heterocycles. The van der Waals surface area contributed by atoms with E-state index in [1.165, 1.54) is 21.7 Å². The molecule has 0 saturated carbocycles. The lowest BCUT2D eigenvalue weighted by Crippen LogP contribution is -2.39. The Hall–Kier alpha value is -2.52. The Kier molecular flexibility index (Phi) is 10.6. The summed E-state index contributed by atoms with van der Waals surface area (Å²) in [7, 11) is -4.07. The minimum atomic E-state index is -4.60. The highest BCUT2D eigenvalue weighted by molar-refractivity contribution is 7.89. The Balaban J connectivity index is 0.000000641. The molecule has 35 heavy (non-hydrogen) atoms. The Morgan fingerprint density at radius 1 is 1.09 bits per heavy atom. The van der Waals surface area contributed by atoms with Crippen LogP contribution < -0.4 is 0 Å². The maximum atomic E-state index is 13.1. The maximum absolute atomic E-state index is 13.1. The number of ether oxygens (including phenoxy) is 1. The van der Waals surface area contributed by atoms with Gasteiger partial charge in [-0.15, -0.1) is 11.3 Å². The first-order chi connectivity index (χ1) is 16.4. The summed E-state index contributed by atoms with van der Waals surface area (Å²) in [5, 5.41) is 16.6. The fraction of sp³-hybridized carbons (Fsp3) is 0.429. The Labute approximate surface area is 204 Å². The summed E-state index contributed by atoms with van der Waals surface area (Å²) in [4.78, 5) is 20.9. The third-order valence-corrected chi connectivity index (χ3v) is 7.58. The summed E-state index contributed by atoms with van der Waals surface area (Å²) in [6.45, 7) is 3.98. The standard InChI is InChI=1S/C19H23F3N2O3S2.C2H2O4/c20-19(21,22)16-4-1-6-18(14-16)29(25,26)24(15-17-5-2-13-28-17)8-3-7-23-9-11-27-12-10-23;3-1(4)2(5)6/h1-2,4-6,13-14H,3,7-12,15H2;(H,3,4)(H,5,6). The first kappa shape index (κ1) is 28.7. The van der Waals surface area contributed by atoms with Gasteiger partial charge in [0.1, 0.15) is 0 Å². The van der Waals surface area contributed by atoms with E-state index in [1.807, 2.05) is 17.5 Å². The van der Waals surface area contributed by atoms with Crippen LogP contribution in [0.3, 0.4) is 0 Å². The monoisotopic (exact) mass is 538 g/mol. The van der Waals surface area contributed by atoms with Gasteiger partial charge in [-0.1, -0.05) is 12.1 Å². The SMILES string of the molecule is O=C(O)C(=O)O.O=S(=O)(c1cccc(C(F)(F)F)c1)N(CCCN1CCOCC1)Cc1cccs1. The van der Waals surface area contributed by atoms with E-state index in [1.54, 1.807) is 0 Å². The van der Waals surface area contributed by atoms with Crippen LogP contribution in [-0.4, -0.2) is 79.2 Å². The average Bonchev–Trinajstić information content (AvgIpc) is 3.32. The minimum absolute atomic E-state index is 0.138. The molecule has 0 bridgehead atoms. The quantitative estimate of drug-likeness (QED) is 0.492. The Morgan fingerprint density at radius 2 is 1.74 bits per heavy atom. The number of thiophene rings is 1. The van der Waals surface area contributed by atoms with Crippen molar-refractivity contribution in [1.29, 1.82) is 0 Å². The van der Waals surface area contributed by atoms with Gasteiger partial charge in [-0.25, -0.2) is 18.0 Å². The second-order valence-corrected chi connectivity index (χ2v) is 10.3. The van der Waals surface area contributed by atoms with Crippen molar-refractivity contribution in [3.63, 3.8) is 0 Å². The van der Waals surface area contributed by atoms with E-state index in [0.717, 1.165) is 30.1 Å². The molecule has 1 aromatic heterocycles. The topological polar surface area (TPSA) is 124 Å². The molecule has 0 radical (unpaired) electrons. The number of sulfonamides is 1. The number of hydrogen-bond acceptors (Lipinski definition) is 7. The van der Waals surface area contributed by atoms with Gasteiger partial charge in [-0.2, -0.15) is 17.5 Å². The molecule has 194 valence electrons. The number of rotatable bonds is 8. The fourth-order valence-electron chi connectivity index (χ4n) is 3.14. The summed E-state index contributed by atoms with van der Waals surface area (Å²) in [6.07, 6.45) is -4.01. The molecule has 0 unspecified atom stereocenters. The summed E-state index contributed by atoms with van der Waals surface area (Å²) in [5.41, 5.74) is -0.969. The smallest absolute Gasteiger partial charge is 0.416 e. The first-order valence-corrected chi connectivity index (χ1v) is 12.7. The van der Waals surface area contributed by atoms with Crippen molar-refractivity contribution in [3.05, 3.63) is 52.2 Å². The normalized spacial score (nSPS) is 14.9. The van der Waals surface area contributed by atoms with Crippen molar-refractivity contribution in [3.8, 4) is 0 Å². The number of nitrogens with zero attached hydrogens (tertiary/aromatic N) is 2. The summed E-state index contributed by atoms with van der Waals surface area (Å²) >= 11 is 1.42. The number of carbonyl (C=O) groups is 2. The molecule has 9 nitrogen and oxygen atoms in total. The molecule has 1 aliphatic rings. The molecule has 0 aliphatic carbocycles. The van der Waals surface area contributed by atoms with E-state index in [9.17, 15) is 21.6 Å². The zero-order chi connectivity index (χ0) is 26.1. The van der Waals surface area contributed by atoms with Crippen molar-refractivity contribution in [2.75, 3.05) is 39.4 Å². The molecule has 0 atom stereocenters. The number of carboxylic acid groups (broad SMARTS) is 2. The van der Waals surface area contributed by atoms with Crippen LogP contribution in [0.25, 0.3) is 0 Å². The Bertz CT molecular complexity index is 1060. The van der Waals surface area contributed by atoms with Crippen LogP contribution in [0, 0.1) is 0 Å². The van der Waals surface area contributed by atoms with Crippen LogP contribution in [0.4, 0.5) is 13.2 Å². The third kappa shape index (κ3) is 9.22. The lowest BCUT2D eigenvalue weighted by atomic mass is 10.2. The highest BCUT2D eigenvalue weighted by Gasteiger charge is 2.33. The lowest BCUT2D eigenvalue weighted by molar-refractivity contribution is -0.159. The molecule has 2 aromatic rings. The third-order valence-electron chi connectivity index (χ3n) is 4.88. The average molecular weight is 539 g/mol. The van der Waals surface area contributed by atoms with E-state index >= 15 is 0 Å². The number of carboxylic acids is 2. The molecule has 1 aromatic carbocycles. The van der Waals surface area contributed by atoms with Crippen molar-refractivity contribution in [1.82, 2.24) is 9.21 Å². The van der Waals surface area contributed by atoms with Crippen molar-refractivity contribution >= 4 is 33.3 Å². The van der Waals surface area contributed by atoms with E-state index < -0.39 is 33.7 Å². The second kappa shape index (κ2) is 13.0. The van der Waals surface area contributed by atoms with E-state index in [4.69, 9.17) is 24.5 Å². The number of hydrogen-bond donors (Lipinski definition) is 2. The second-order valence-electron chi connectivity index (χ2n) is 7.36. The predicted molar refractivity (Wildman–Crippen MR) is 121 cm³/mol. The van der Waals surface area contributed by atoms with Gasteiger partial charge < -0.3 is 14.9 Å². The fourth-order valence-corrected chi connectivity index (χ4v) is 5.44. The molecule has 1 fully saturated rings. The maximum Gasteiger partial charge on any atom is 0.416 e. The van der Waals surface area contributed by atoms with Crippen LogP contribution in [0.1, 0.15) is 16.9 Å². The van der Waals surface area contributed by atoms with Crippen LogP contribution >= 0.6 is 11.3 Å². The number of halogens is 3. The summed E-state index contributed by atoms with van der Waals surface area (Å²) in [6, 6.07) is 7.57. The summed E-state index contributed by atoms with van der Waals surface area (Å²) in [5.74, 6) is -3.65. The van der Waals surface area contributed by atoms with Crippen LogP contribution in [-0.2, 0) is 37.1 Å². The van der Waals surface area contributed by atoms with E-state index in [0.29, 0.717) is 32.2 Å². The molecule has 3 rings (SSSR count). The molecular weight excluding hydrogens is 513 g/mol. The molecule has 1 saturated heterocycles. The lowest BCUT2D eigenvalue weighted by Gasteiger charge is -2.28. The molecular formula is C21H25F3N2O7S2. The number of aliphatic carboxylic acids is 2. The van der Waals surface area contributed by atoms with Crippen LogP contribution in [0.15, 0.2) is 46.7 Å². The van der Waals surface area contributed by atoms with Crippen molar-refractivity contribution in [2.45, 2.75) is 24.0 Å². The van der Waals surface area contributed by atoms with Crippen LogP contribution in [0.5, 0.6) is 0 Å². The number of benzene rings is 1. The zero-order valence-electron chi connectivity index (χ0n) is 18.5. The van der Waals surface area contributed by atoms with Crippen molar-refractivity contribution in [2.24, 2.45) is 0 Å². The van der Waals surface area contributed by atoms with Crippen molar-refractivity contribution < 1.29 is 46.1 Å². The van der Waals surface area contributed by atoms with Gasteiger partial charge in [0.25, 0.3) is 0 Å². The minimum Gasteiger partial charge on any atom is -0.473 e. The van der Waals surface area contributed by atoms with E-state index in [2.05, 4.69) is 4.90 Å². The molecule has 14 heteroatoms. The first-order valence-electron chi connectivity index (χ1n) is 10.4. The zero-order valence-corrected chi connectivity index (χ0v) is 20.1. The Morgan fingerprint density at radius 3 is 2.29 bits per heavy atom. The van der Waals surface area contributed by atoms with Gasteiger partial charge in [0.05, 0.1) is 23.7 Å². The van der Waals surface area contributed by atoms with Crippen LogP contribution in [0.2, 0.25) is 0 Å². The van der Waals surface area contributed by atoms with Gasteiger partial charge in [0.2, 0.25) is 10.0 Å².